The Labute approximate surface area is 208 Å². The summed E-state index contributed by atoms with van der Waals surface area (Å²) in [5.41, 5.74) is 13.9. The molecule has 35 heavy (non-hydrogen) atoms. The van der Waals surface area contributed by atoms with Gasteiger partial charge in [-0.2, -0.15) is 0 Å². The third kappa shape index (κ3) is 4.10. The predicted octanol–water partition coefficient (Wildman–Crippen LogP) is 9.62. The Balaban J connectivity index is 1.85. The molecule has 6 rings (SSSR count). The van der Waals surface area contributed by atoms with Gasteiger partial charge in [0.05, 0.1) is 0 Å². The van der Waals surface area contributed by atoms with Crippen molar-refractivity contribution in [2.45, 2.75) is 32.1 Å². The van der Waals surface area contributed by atoms with Gasteiger partial charge in [-0.05, 0) is 81.3 Å². The molecule has 0 spiro atoms. The summed E-state index contributed by atoms with van der Waals surface area (Å²) in [6.45, 7) is 0. The fourth-order valence-corrected chi connectivity index (χ4v) is 5.82. The lowest BCUT2D eigenvalue weighted by molar-refractivity contribution is 0.712. The fourth-order valence-electron chi connectivity index (χ4n) is 5.82. The number of rotatable bonds is 4. The van der Waals surface area contributed by atoms with Crippen molar-refractivity contribution >= 4 is 0 Å². The van der Waals surface area contributed by atoms with E-state index in [1.807, 2.05) is 0 Å². The van der Waals surface area contributed by atoms with Crippen LogP contribution in [0.2, 0.25) is 0 Å². The molecule has 170 valence electrons. The monoisotopic (exact) mass is 450 g/mol. The number of hydrogen-bond acceptors (Lipinski definition) is 0. The van der Waals surface area contributed by atoms with Crippen molar-refractivity contribution in [1.29, 1.82) is 0 Å². The molecule has 0 heteroatoms. The van der Waals surface area contributed by atoms with Gasteiger partial charge in [0.1, 0.15) is 0 Å². The lowest BCUT2D eigenvalue weighted by Crippen LogP contribution is -2.05. The molecule has 0 saturated heterocycles. The first-order chi connectivity index (χ1) is 17.4. The highest BCUT2D eigenvalue weighted by Crippen LogP contribution is 2.50. The minimum atomic E-state index is 1.13. The first-order valence-corrected chi connectivity index (χ1v) is 12.8. The smallest absolute Gasteiger partial charge is 0.00176 e. The van der Waals surface area contributed by atoms with Crippen molar-refractivity contribution in [3.63, 3.8) is 0 Å². The largest absolute Gasteiger partial charge is 0.0622 e. The molecule has 0 aliphatic heterocycles. The molecule has 0 radical (unpaired) electrons. The van der Waals surface area contributed by atoms with E-state index < -0.39 is 0 Å². The number of fused-ring (bicyclic) bond motifs is 1. The molecule has 1 aliphatic rings. The van der Waals surface area contributed by atoms with E-state index in [0.29, 0.717) is 0 Å². The number of benzene rings is 5. The van der Waals surface area contributed by atoms with Gasteiger partial charge in [0.15, 0.2) is 0 Å². The average molecular weight is 451 g/mol. The molecule has 0 bridgehead atoms. The molecule has 0 heterocycles. The normalized spacial score (nSPS) is 13.1. The second kappa shape index (κ2) is 9.76. The zero-order chi connectivity index (χ0) is 23.5. The third-order valence-electron chi connectivity index (χ3n) is 7.32. The van der Waals surface area contributed by atoms with Gasteiger partial charge >= 0.3 is 0 Å². The molecule has 0 amide bonds. The van der Waals surface area contributed by atoms with E-state index in [2.05, 4.69) is 121 Å². The van der Waals surface area contributed by atoms with Crippen LogP contribution in [0, 0.1) is 0 Å². The van der Waals surface area contributed by atoms with E-state index in [1.165, 1.54) is 63.8 Å². The van der Waals surface area contributed by atoms with Crippen LogP contribution in [-0.4, -0.2) is 0 Å². The second-order valence-corrected chi connectivity index (χ2v) is 9.48. The average Bonchev–Trinajstić information content (AvgIpc) is 3.19. The summed E-state index contributed by atoms with van der Waals surface area (Å²) in [4.78, 5) is 0. The van der Waals surface area contributed by atoms with Gasteiger partial charge in [-0.3, -0.25) is 0 Å². The summed E-state index contributed by atoms with van der Waals surface area (Å²) >= 11 is 0. The summed E-state index contributed by atoms with van der Waals surface area (Å²) in [6, 6.07) is 44.2. The molecule has 1 aliphatic carbocycles. The third-order valence-corrected chi connectivity index (χ3v) is 7.32. The minimum absolute atomic E-state index is 1.13. The van der Waals surface area contributed by atoms with Gasteiger partial charge in [-0.15, -0.1) is 0 Å². The van der Waals surface area contributed by atoms with Crippen LogP contribution in [0.25, 0.3) is 44.5 Å². The van der Waals surface area contributed by atoms with Gasteiger partial charge in [0, 0.05) is 0 Å². The molecular formula is C35H30. The first-order valence-electron chi connectivity index (χ1n) is 12.8. The maximum absolute atomic E-state index is 2.30. The molecule has 0 saturated carbocycles. The van der Waals surface area contributed by atoms with E-state index in [1.54, 1.807) is 11.1 Å². The van der Waals surface area contributed by atoms with E-state index in [4.69, 9.17) is 0 Å². The van der Waals surface area contributed by atoms with Gasteiger partial charge in [-0.25, -0.2) is 0 Å². The van der Waals surface area contributed by atoms with E-state index in [9.17, 15) is 0 Å². The maximum Gasteiger partial charge on any atom is -0.00176 e. The molecule has 0 nitrogen and oxygen atoms in total. The lowest BCUT2D eigenvalue weighted by atomic mass is 9.76. The Hall–Kier alpha value is -3.90. The summed E-state index contributed by atoms with van der Waals surface area (Å²) < 4.78 is 0. The zero-order valence-electron chi connectivity index (χ0n) is 20.1. The highest BCUT2D eigenvalue weighted by molar-refractivity contribution is 6.04. The molecule has 0 unspecified atom stereocenters. The standard InChI is InChI=1S/C35H30/c1-6-16-26(17-7-1)32-30-24-14-5-15-25-31(30)33(27-18-8-2-9-19-27)35(29-22-12-4-13-23-29)34(32)28-20-10-3-11-21-28/h1-4,6-13,16-23H,5,14-15,24-25H2. The Morgan fingerprint density at radius 1 is 0.286 bits per heavy atom. The van der Waals surface area contributed by atoms with E-state index in [0.717, 1.165) is 12.8 Å². The molecule has 0 fully saturated rings. The Kier molecular flexibility index (Phi) is 6.03. The Bertz CT molecular complexity index is 1300. The van der Waals surface area contributed by atoms with Crippen LogP contribution in [0.3, 0.4) is 0 Å². The zero-order valence-corrected chi connectivity index (χ0v) is 20.1. The van der Waals surface area contributed by atoms with Crippen molar-refractivity contribution in [2.24, 2.45) is 0 Å². The van der Waals surface area contributed by atoms with Crippen LogP contribution in [0.4, 0.5) is 0 Å². The summed E-state index contributed by atoms with van der Waals surface area (Å²) in [5, 5.41) is 0. The topological polar surface area (TPSA) is 0 Å². The molecule has 5 aromatic rings. The van der Waals surface area contributed by atoms with Crippen molar-refractivity contribution < 1.29 is 0 Å². The molecule has 5 aromatic carbocycles. The Morgan fingerprint density at radius 2 is 0.571 bits per heavy atom. The number of hydrogen-bond donors (Lipinski definition) is 0. The van der Waals surface area contributed by atoms with Crippen LogP contribution >= 0.6 is 0 Å². The summed E-state index contributed by atoms with van der Waals surface area (Å²) in [5.74, 6) is 0. The highest BCUT2D eigenvalue weighted by atomic mass is 14.3. The molecular weight excluding hydrogens is 420 g/mol. The summed E-state index contributed by atoms with van der Waals surface area (Å²) in [6.07, 6.45) is 6.06. The highest BCUT2D eigenvalue weighted by Gasteiger charge is 2.27. The van der Waals surface area contributed by atoms with Gasteiger partial charge in [0.25, 0.3) is 0 Å². The SMILES string of the molecule is c1ccc(-c2c3c(c(-c4ccccc4)c(-c4ccccc4)c2-c2ccccc2)CCCCC3)cc1. The second-order valence-electron chi connectivity index (χ2n) is 9.48. The predicted molar refractivity (Wildman–Crippen MR) is 149 cm³/mol. The van der Waals surface area contributed by atoms with Gasteiger partial charge in [0.2, 0.25) is 0 Å². The van der Waals surface area contributed by atoms with Gasteiger partial charge < -0.3 is 0 Å². The minimum Gasteiger partial charge on any atom is -0.0622 e. The lowest BCUT2D eigenvalue weighted by Gasteiger charge is -2.27. The van der Waals surface area contributed by atoms with Crippen LogP contribution in [0.1, 0.15) is 30.4 Å². The van der Waals surface area contributed by atoms with Crippen molar-refractivity contribution in [3.05, 3.63) is 132 Å². The molecule has 0 aromatic heterocycles. The first kappa shape index (κ1) is 21.6. The fraction of sp³-hybridized carbons (Fsp3) is 0.143. The van der Waals surface area contributed by atoms with E-state index >= 15 is 0 Å². The Morgan fingerprint density at radius 3 is 0.886 bits per heavy atom. The van der Waals surface area contributed by atoms with Crippen LogP contribution in [0.15, 0.2) is 121 Å². The summed E-state index contributed by atoms with van der Waals surface area (Å²) in [7, 11) is 0. The van der Waals surface area contributed by atoms with Gasteiger partial charge in [-0.1, -0.05) is 128 Å². The quantitative estimate of drug-likeness (QED) is 0.239. The van der Waals surface area contributed by atoms with Crippen LogP contribution in [0.5, 0.6) is 0 Å². The van der Waals surface area contributed by atoms with Crippen molar-refractivity contribution in [1.82, 2.24) is 0 Å². The molecule has 0 N–H and O–H groups in total. The van der Waals surface area contributed by atoms with Crippen molar-refractivity contribution in [3.8, 4) is 44.5 Å². The van der Waals surface area contributed by atoms with Crippen LogP contribution < -0.4 is 0 Å². The van der Waals surface area contributed by atoms with Crippen LogP contribution in [-0.2, 0) is 12.8 Å². The van der Waals surface area contributed by atoms with Crippen molar-refractivity contribution in [2.75, 3.05) is 0 Å². The maximum atomic E-state index is 2.30. The molecule has 0 atom stereocenters. The van der Waals surface area contributed by atoms with E-state index in [-0.39, 0.29) is 0 Å².